The fraction of sp³-hybridized carbons (Fsp3) is 0.316. The number of methoxy groups -OCH3 is 2. The Hall–Kier alpha value is -2.69. The number of nitrogens with zero attached hydrogens (tertiary/aromatic N) is 1. The Morgan fingerprint density at radius 1 is 1.08 bits per heavy atom. The van der Waals surface area contributed by atoms with Gasteiger partial charge in [0.1, 0.15) is 0 Å². The van der Waals surface area contributed by atoms with Crippen molar-refractivity contribution in [3.05, 3.63) is 59.7 Å². The molecule has 0 aliphatic carbocycles. The van der Waals surface area contributed by atoms with Crippen LogP contribution in [0.2, 0.25) is 0 Å². The molecular weight excluding hydrogens is 302 g/mol. The summed E-state index contributed by atoms with van der Waals surface area (Å²) in [5.74, 6) is 2.19. The van der Waals surface area contributed by atoms with Gasteiger partial charge in [-0.25, -0.2) is 4.99 Å². The van der Waals surface area contributed by atoms with Crippen LogP contribution in [0.15, 0.2) is 53.5 Å². The number of ether oxygens (including phenoxy) is 2. The highest BCUT2D eigenvalue weighted by Crippen LogP contribution is 2.27. The lowest BCUT2D eigenvalue weighted by molar-refractivity contribution is 0.354. The van der Waals surface area contributed by atoms with Crippen molar-refractivity contribution in [1.29, 1.82) is 0 Å². The van der Waals surface area contributed by atoms with Gasteiger partial charge in [-0.15, -0.1) is 0 Å². The molecule has 0 aromatic heterocycles. The first kappa shape index (κ1) is 17.7. The third kappa shape index (κ3) is 4.91. The number of hydrogen-bond donors (Lipinski definition) is 2. The number of hydrogen-bond acceptors (Lipinski definition) is 3. The van der Waals surface area contributed by atoms with Crippen molar-refractivity contribution in [2.45, 2.75) is 19.4 Å². The van der Waals surface area contributed by atoms with Crippen molar-refractivity contribution in [1.82, 2.24) is 5.32 Å². The molecule has 0 saturated carbocycles. The summed E-state index contributed by atoms with van der Waals surface area (Å²) in [5.41, 5.74) is 8.24. The average molecular weight is 327 g/mol. The summed E-state index contributed by atoms with van der Waals surface area (Å²) in [4.78, 5) is 4.38. The van der Waals surface area contributed by atoms with Crippen molar-refractivity contribution in [2.75, 3.05) is 20.8 Å². The second-order valence-corrected chi connectivity index (χ2v) is 5.58. The zero-order valence-electron chi connectivity index (χ0n) is 14.5. The lowest BCUT2D eigenvalue weighted by Gasteiger charge is -2.13. The maximum Gasteiger partial charge on any atom is 0.188 e. The van der Waals surface area contributed by atoms with Gasteiger partial charge < -0.3 is 20.5 Å². The zero-order valence-corrected chi connectivity index (χ0v) is 14.5. The monoisotopic (exact) mass is 327 g/mol. The molecule has 0 saturated heterocycles. The van der Waals surface area contributed by atoms with E-state index in [4.69, 9.17) is 15.2 Å². The third-order valence-electron chi connectivity index (χ3n) is 3.84. The molecule has 1 atom stereocenters. The highest BCUT2D eigenvalue weighted by atomic mass is 16.5. The van der Waals surface area contributed by atoms with E-state index in [1.54, 1.807) is 14.2 Å². The Morgan fingerprint density at radius 2 is 1.79 bits per heavy atom. The number of nitrogens with two attached hydrogens (primary N) is 1. The summed E-state index contributed by atoms with van der Waals surface area (Å²) in [5, 5.41) is 3.17. The maximum absolute atomic E-state index is 5.96. The molecule has 0 radical (unpaired) electrons. The lowest BCUT2D eigenvalue weighted by atomic mass is 10.0. The van der Waals surface area contributed by atoms with E-state index in [1.165, 1.54) is 5.56 Å². The molecule has 2 aromatic carbocycles. The van der Waals surface area contributed by atoms with Crippen LogP contribution in [-0.2, 0) is 6.54 Å². The molecule has 2 rings (SSSR count). The molecule has 128 valence electrons. The van der Waals surface area contributed by atoms with Gasteiger partial charge >= 0.3 is 0 Å². The number of nitrogens with one attached hydrogen (secondary N) is 1. The van der Waals surface area contributed by atoms with Crippen LogP contribution < -0.4 is 20.5 Å². The van der Waals surface area contributed by atoms with E-state index in [9.17, 15) is 0 Å². The molecule has 5 nitrogen and oxygen atoms in total. The number of benzene rings is 2. The van der Waals surface area contributed by atoms with Crippen LogP contribution in [0, 0.1) is 0 Å². The van der Waals surface area contributed by atoms with Crippen LogP contribution in [-0.4, -0.2) is 26.7 Å². The largest absolute Gasteiger partial charge is 0.493 e. The van der Waals surface area contributed by atoms with E-state index >= 15 is 0 Å². The van der Waals surface area contributed by atoms with Crippen LogP contribution in [0.25, 0.3) is 0 Å². The van der Waals surface area contributed by atoms with Gasteiger partial charge in [0.15, 0.2) is 17.5 Å². The normalized spacial score (nSPS) is 12.5. The molecule has 1 unspecified atom stereocenters. The first-order valence-electron chi connectivity index (χ1n) is 7.93. The van der Waals surface area contributed by atoms with E-state index in [1.807, 2.05) is 36.4 Å². The second kappa shape index (κ2) is 8.82. The Bertz CT molecular complexity index is 672. The van der Waals surface area contributed by atoms with Gasteiger partial charge in [-0.05, 0) is 29.2 Å². The summed E-state index contributed by atoms with van der Waals surface area (Å²) in [6.45, 7) is 3.38. The quantitative estimate of drug-likeness (QED) is 0.606. The summed E-state index contributed by atoms with van der Waals surface area (Å²) in [6.07, 6.45) is 0. The molecule has 0 aliphatic heterocycles. The predicted molar refractivity (Wildman–Crippen MR) is 97.7 cm³/mol. The van der Waals surface area contributed by atoms with Crippen LogP contribution >= 0.6 is 0 Å². The number of aliphatic imine (C=N–C) groups is 1. The van der Waals surface area contributed by atoms with E-state index in [2.05, 4.69) is 29.4 Å². The van der Waals surface area contributed by atoms with Gasteiger partial charge in [-0.2, -0.15) is 0 Å². The summed E-state index contributed by atoms with van der Waals surface area (Å²) in [7, 11) is 3.23. The van der Waals surface area contributed by atoms with Crippen LogP contribution in [0.5, 0.6) is 11.5 Å². The fourth-order valence-electron chi connectivity index (χ4n) is 2.37. The van der Waals surface area contributed by atoms with E-state index in [0.717, 1.165) is 12.1 Å². The molecule has 0 aliphatic rings. The molecule has 2 aromatic rings. The molecule has 0 spiro atoms. The van der Waals surface area contributed by atoms with Crippen LogP contribution in [0.3, 0.4) is 0 Å². The van der Waals surface area contributed by atoms with Crippen molar-refractivity contribution < 1.29 is 9.47 Å². The van der Waals surface area contributed by atoms with E-state index in [0.29, 0.717) is 29.9 Å². The Labute approximate surface area is 143 Å². The summed E-state index contributed by atoms with van der Waals surface area (Å²) in [6, 6.07) is 16.0. The molecule has 24 heavy (non-hydrogen) atoms. The van der Waals surface area contributed by atoms with Crippen molar-refractivity contribution in [3.63, 3.8) is 0 Å². The van der Waals surface area contributed by atoms with Gasteiger partial charge in [-0.3, -0.25) is 0 Å². The van der Waals surface area contributed by atoms with E-state index in [-0.39, 0.29) is 0 Å². The van der Waals surface area contributed by atoms with Gasteiger partial charge in [0.05, 0.1) is 20.8 Å². The topological polar surface area (TPSA) is 68.9 Å². The number of rotatable bonds is 7. The molecule has 0 fully saturated rings. The maximum atomic E-state index is 5.96. The van der Waals surface area contributed by atoms with Crippen molar-refractivity contribution in [3.8, 4) is 11.5 Å². The third-order valence-corrected chi connectivity index (χ3v) is 3.84. The van der Waals surface area contributed by atoms with Crippen molar-refractivity contribution in [2.24, 2.45) is 10.7 Å². The SMILES string of the molecule is COc1ccc(CN=C(N)NCC(C)c2ccccc2)cc1OC. The Balaban J connectivity index is 1.90. The second-order valence-electron chi connectivity index (χ2n) is 5.58. The zero-order chi connectivity index (χ0) is 17.4. The van der Waals surface area contributed by atoms with E-state index < -0.39 is 0 Å². The minimum absolute atomic E-state index is 0.362. The summed E-state index contributed by atoms with van der Waals surface area (Å²) >= 11 is 0. The summed E-state index contributed by atoms with van der Waals surface area (Å²) < 4.78 is 10.5. The molecular formula is C19H25N3O2. The molecule has 0 amide bonds. The smallest absolute Gasteiger partial charge is 0.188 e. The molecule has 5 heteroatoms. The van der Waals surface area contributed by atoms with Crippen molar-refractivity contribution >= 4 is 5.96 Å². The minimum atomic E-state index is 0.362. The molecule has 0 heterocycles. The van der Waals surface area contributed by atoms with Crippen LogP contribution in [0.1, 0.15) is 24.0 Å². The highest BCUT2D eigenvalue weighted by molar-refractivity contribution is 5.77. The molecule has 3 N–H and O–H groups in total. The first-order chi connectivity index (χ1) is 11.6. The van der Waals surface area contributed by atoms with Gasteiger partial charge in [0.2, 0.25) is 0 Å². The Morgan fingerprint density at radius 3 is 2.46 bits per heavy atom. The standard InChI is InChI=1S/C19H25N3O2/c1-14(16-7-5-4-6-8-16)12-21-19(20)22-13-15-9-10-17(23-2)18(11-15)24-3/h4-11,14H,12-13H2,1-3H3,(H3,20,21,22). The average Bonchev–Trinajstić information content (AvgIpc) is 2.64. The fourth-order valence-corrected chi connectivity index (χ4v) is 2.37. The lowest BCUT2D eigenvalue weighted by Crippen LogP contribution is -2.34. The highest BCUT2D eigenvalue weighted by Gasteiger charge is 2.06. The predicted octanol–water partition coefficient (Wildman–Crippen LogP) is 2.91. The van der Waals surface area contributed by atoms with Gasteiger partial charge in [-0.1, -0.05) is 43.3 Å². The van der Waals surface area contributed by atoms with Crippen LogP contribution in [0.4, 0.5) is 0 Å². The van der Waals surface area contributed by atoms with Gasteiger partial charge in [0, 0.05) is 6.54 Å². The first-order valence-corrected chi connectivity index (χ1v) is 7.93. The Kier molecular flexibility index (Phi) is 6.49. The van der Waals surface area contributed by atoms with Gasteiger partial charge in [0.25, 0.3) is 0 Å². The number of guanidine groups is 1. The molecule has 0 bridgehead atoms. The minimum Gasteiger partial charge on any atom is -0.493 e.